The Morgan fingerprint density at radius 3 is 2.92 bits per heavy atom. The Bertz CT molecular complexity index is 441. The molecule has 0 fully saturated rings. The number of nitrogens with one attached hydrogen (secondary N) is 1. The zero-order chi connectivity index (χ0) is 9.26. The minimum atomic E-state index is -0.344. The summed E-state index contributed by atoms with van der Waals surface area (Å²) in [6, 6.07) is 1.48. The van der Waals surface area contributed by atoms with Crippen LogP contribution in [0.2, 0.25) is 0 Å². The topological polar surface area (TPSA) is 54.9 Å². The number of H-pyrrole nitrogens is 1. The first-order valence-corrected chi connectivity index (χ1v) is 4.25. The van der Waals surface area contributed by atoms with Gasteiger partial charge in [0.05, 0.1) is 6.04 Å². The van der Waals surface area contributed by atoms with Crippen molar-refractivity contribution in [1.29, 1.82) is 0 Å². The number of allylic oxidation sites excluding steroid dienone is 2. The highest BCUT2D eigenvalue weighted by Gasteiger charge is 2.11. The maximum atomic E-state index is 11.3. The van der Waals surface area contributed by atoms with Crippen LogP contribution in [0.1, 0.15) is 18.9 Å². The summed E-state index contributed by atoms with van der Waals surface area (Å²) in [6.45, 7) is 0. The van der Waals surface area contributed by atoms with Crippen LogP contribution in [-0.2, 0) is 0 Å². The standard InChI is InChI=1S/C9H10N2O2/c12-8-5-6-11(9(13)10-8)7-3-1-2-4-7/h1,3,5-7H,2,4H2,(H,10,12,13)/t7-/m1/s1. The van der Waals surface area contributed by atoms with Crippen LogP contribution in [0.25, 0.3) is 0 Å². The van der Waals surface area contributed by atoms with E-state index in [9.17, 15) is 9.59 Å². The maximum absolute atomic E-state index is 11.3. The lowest BCUT2D eigenvalue weighted by atomic mass is 10.2. The monoisotopic (exact) mass is 178 g/mol. The maximum Gasteiger partial charge on any atom is 0.328 e. The third-order valence-corrected chi connectivity index (χ3v) is 2.20. The molecule has 0 radical (unpaired) electrons. The number of hydrogen-bond acceptors (Lipinski definition) is 2. The average molecular weight is 178 g/mol. The smallest absolute Gasteiger partial charge is 0.294 e. The second-order valence-corrected chi connectivity index (χ2v) is 3.09. The molecule has 68 valence electrons. The van der Waals surface area contributed by atoms with Gasteiger partial charge in [-0.05, 0) is 12.8 Å². The van der Waals surface area contributed by atoms with Crippen LogP contribution >= 0.6 is 0 Å². The second-order valence-electron chi connectivity index (χ2n) is 3.09. The summed E-state index contributed by atoms with van der Waals surface area (Å²) in [7, 11) is 0. The lowest BCUT2D eigenvalue weighted by Gasteiger charge is -2.09. The predicted molar refractivity (Wildman–Crippen MR) is 48.7 cm³/mol. The summed E-state index contributed by atoms with van der Waals surface area (Å²) in [5.74, 6) is 0. The Balaban J connectivity index is 2.46. The first-order valence-electron chi connectivity index (χ1n) is 4.25. The Kier molecular flexibility index (Phi) is 1.88. The van der Waals surface area contributed by atoms with Crippen molar-refractivity contribution in [3.8, 4) is 0 Å². The van der Waals surface area contributed by atoms with Crippen LogP contribution in [0.15, 0.2) is 34.0 Å². The fraction of sp³-hybridized carbons (Fsp3) is 0.333. The molecular weight excluding hydrogens is 168 g/mol. The molecule has 4 heteroatoms. The van der Waals surface area contributed by atoms with Crippen molar-refractivity contribution in [3.05, 3.63) is 45.3 Å². The van der Waals surface area contributed by atoms with Crippen molar-refractivity contribution in [1.82, 2.24) is 9.55 Å². The molecule has 4 nitrogen and oxygen atoms in total. The van der Waals surface area contributed by atoms with Gasteiger partial charge in [0.1, 0.15) is 0 Å². The fourth-order valence-corrected chi connectivity index (χ4v) is 1.54. The molecule has 0 spiro atoms. The van der Waals surface area contributed by atoms with Gasteiger partial charge in [-0.2, -0.15) is 0 Å². The molecule has 0 unspecified atom stereocenters. The molecule has 0 amide bonds. The first kappa shape index (κ1) is 8.04. The molecule has 0 aliphatic heterocycles. The molecule has 1 N–H and O–H groups in total. The quantitative estimate of drug-likeness (QED) is 0.634. The highest BCUT2D eigenvalue weighted by molar-refractivity contribution is 5.01. The Morgan fingerprint density at radius 2 is 2.31 bits per heavy atom. The van der Waals surface area contributed by atoms with E-state index >= 15 is 0 Å². The van der Waals surface area contributed by atoms with E-state index in [0.29, 0.717) is 0 Å². The van der Waals surface area contributed by atoms with Gasteiger partial charge in [0.15, 0.2) is 0 Å². The van der Waals surface area contributed by atoms with Gasteiger partial charge in [-0.25, -0.2) is 4.79 Å². The van der Waals surface area contributed by atoms with Crippen molar-refractivity contribution in [2.75, 3.05) is 0 Å². The predicted octanol–water partition coefficient (Wildman–Crippen LogP) is 0.428. The third-order valence-electron chi connectivity index (χ3n) is 2.20. The van der Waals surface area contributed by atoms with Gasteiger partial charge in [0.25, 0.3) is 5.56 Å². The normalized spacial score (nSPS) is 20.8. The largest absolute Gasteiger partial charge is 0.328 e. The summed E-state index contributed by atoms with van der Waals surface area (Å²) in [5.41, 5.74) is -0.674. The van der Waals surface area contributed by atoms with E-state index in [2.05, 4.69) is 4.98 Å². The average Bonchev–Trinajstić information content (AvgIpc) is 2.56. The van der Waals surface area contributed by atoms with Crippen molar-refractivity contribution >= 4 is 0 Å². The van der Waals surface area contributed by atoms with E-state index in [4.69, 9.17) is 0 Å². The van der Waals surface area contributed by atoms with E-state index in [0.717, 1.165) is 12.8 Å². The zero-order valence-electron chi connectivity index (χ0n) is 7.06. The molecule has 1 aromatic heterocycles. The van der Waals surface area contributed by atoms with E-state index < -0.39 is 0 Å². The molecule has 0 bridgehead atoms. The van der Waals surface area contributed by atoms with Crippen LogP contribution in [0.4, 0.5) is 0 Å². The number of hydrogen-bond donors (Lipinski definition) is 1. The Labute approximate surface area is 74.5 Å². The summed E-state index contributed by atoms with van der Waals surface area (Å²) in [4.78, 5) is 24.3. The molecule has 1 aliphatic rings. The third kappa shape index (κ3) is 1.47. The van der Waals surface area contributed by atoms with Gasteiger partial charge < -0.3 is 0 Å². The SMILES string of the molecule is O=c1ccn([C@@H]2C=CCC2)c(=O)[nH]1. The van der Waals surface area contributed by atoms with Crippen LogP contribution < -0.4 is 11.2 Å². The van der Waals surface area contributed by atoms with Gasteiger partial charge in [-0.1, -0.05) is 12.2 Å². The molecule has 1 heterocycles. The minimum absolute atomic E-state index is 0.115. The number of aromatic nitrogens is 2. The van der Waals surface area contributed by atoms with Crippen molar-refractivity contribution in [2.24, 2.45) is 0 Å². The minimum Gasteiger partial charge on any atom is -0.294 e. The van der Waals surface area contributed by atoms with Crippen LogP contribution in [0, 0.1) is 0 Å². The van der Waals surface area contributed by atoms with Crippen molar-refractivity contribution < 1.29 is 0 Å². The van der Waals surface area contributed by atoms with Gasteiger partial charge in [-0.3, -0.25) is 14.3 Å². The molecular formula is C9H10N2O2. The molecule has 0 saturated carbocycles. The zero-order valence-corrected chi connectivity index (χ0v) is 7.06. The lowest BCUT2D eigenvalue weighted by Crippen LogP contribution is -2.30. The second kappa shape index (κ2) is 3.05. The molecule has 1 atom stereocenters. The number of nitrogens with zero attached hydrogens (tertiary/aromatic N) is 1. The number of aromatic amines is 1. The first-order chi connectivity index (χ1) is 6.27. The van der Waals surface area contributed by atoms with Gasteiger partial charge in [0, 0.05) is 12.3 Å². The van der Waals surface area contributed by atoms with Crippen molar-refractivity contribution in [2.45, 2.75) is 18.9 Å². The van der Waals surface area contributed by atoms with Crippen LogP contribution in [0.3, 0.4) is 0 Å². The van der Waals surface area contributed by atoms with E-state index in [1.165, 1.54) is 6.07 Å². The molecule has 1 aromatic rings. The highest BCUT2D eigenvalue weighted by atomic mass is 16.2. The van der Waals surface area contributed by atoms with Gasteiger partial charge in [-0.15, -0.1) is 0 Å². The molecule has 13 heavy (non-hydrogen) atoms. The molecule has 1 aliphatic carbocycles. The van der Waals surface area contributed by atoms with Crippen molar-refractivity contribution in [3.63, 3.8) is 0 Å². The number of rotatable bonds is 1. The fourth-order valence-electron chi connectivity index (χ4n) is 1.54. The molecule has 0 saturated heterocycles. The summed E-state index contributed by atoms with van der Waals surface area (Å²) >= 11 is 0. The molecule has 0 aromatic carbocycles. The van der Waals surface area contributed by atoms with E-state index in [1.54, 1.807) is 10.8 Å². The summed E-state index contributed by atoms with van der Waals surface area (Å²) in [6.07, 6.45) is 7.51. The van der Waals surface area contributed by atoms with E-state index in [1.807, 2.05) is 12.2 Å². The summed E-state index contributed by atoms with van der Waals surface area (Å²) in [5, 5.41) is 0. The van der Waals surface area contributed by atoms with E-state index in [-0.39, 0.29) is 17.3 Å². The van der Waals surface area contributed by atoms with Gasteiger partial charge >= 0.3 is 5.69 Å². The highest BCUT2D eigenvalue weighted by Crippen LogP contribution is 2.19. The van der Waals surface area contributed by atoms with Crippen LogP contribution in [0.5, 0.6) is 0 Å². The Hall–Kier alpha value is -1.58. The molecule has 2 rings (SSSR count). The van der Waals surface area contributed by atoms with Crippen LogP contribution in [-0.4, -0.2) is 9.55 Å². The van der Waals surface area contributed by atoms with Gasteiger partial charge in [0.2, 0.25) is 0 Å². The summed E-state index contributed by atoms with van der Waals surface area (Å²) < 4.78 is 1.55. The Morgan fingerprint density at radius 1 is 1.46 bits per heavy atom. The lowest BCUT2D eigenvalue weighted by molar-refractivity contribution is 0.556.